The summed E-state index contributed by atoms with van der Waals surface area (Å²) in [6, 6.07) is 17.9. The van der Waals surface area contributed by atoms with Gasteiger partial charge in [0, 0.05) is 25.5 Å². The molecular weight excluding hydrogens is 434 g/mol. The van der Waals surface area contributed by atoms with Crippen LogP contribution in [0, 0.1) is 0 Å². The Labute approximate surface area is 162 Å². The zero-order chi connectivity index (χ0) is 18.3. The summed E-state index contributed by atoms with van der Waals surface area (Å²) in [5.74, 6) is -0.651. The first-order valence-electron chi connectivity index (χ1n) is 7.67. The van der Waals surface area contributed by atoms with E-state index < -0.39 is 15.9 Å². The van der Waals surface area contributed by atoms with Gasteiger partial charge in [-0.2, -0.15) is 0 Å². The Morgan fingerprint density at radius 3 is 2.62 bits per heavy atom. The molecule has 4 nitrogen and oxygen atoms in total. The maximum atomic E-state index is 12.7. The molecule has 1 heterocycles. The first-order chi connectivity index (χ1) is 12.5. The van der Waals surface area contributed by atoms with Crippen LogP contribution in [0.3, 0.4) is 0 Å². The number of benzene rings is 3. The third kappa shape index (κ3) is 3.02. The van der Waals surface area contributed by atoms with Crippen molar-refractivity contribution in [3.05, 3.63) is 76.1 Å². The highest BCUT2D eigenvalue weighted by molar-refractivity contribution is 9.10. The largest absolute Gasteiger partial charge is 0.268 e. The fourth-order valence-corrected chi connectivity index (χ4v) is 5.77. The van der Waals surface area contributed by atoms with Crippen LogP contribution in [0.4, 0.5) is 0 Å². The number of amides is 1. The molecule has 0 aliphatic rings. The van der Waals surface area contributed by atoms with Crippen molar-refractivity contribution in [3.63, 3.8) is 0 Å². The van der Waals surface area contributed by atoms with Gasteiger partial charge in [-0.05, 0) is 35.0 Å². The summed E-state index contributed by atoms with van der Waals surface area (Å²) in [6.07, 6.45) is 0. The van der Waals surface area contributed by atoms with Gasteiger partial charge < -0.3 is 0 Å². The van der Waals surface area contributed by atoms with Gasteiger partial charge in [0.2, 0.25) is 0 Å². The Balaban J connectivity index is 1.69. The number of carbonyl (C=O) groups excluding carboxylic acids is 1. The molecular formula is C19H12BrNO3S2. The molecule has 7 heteroatoms. The molecule has 0 saturated carbocycles. The molecule has 1 amide bonds. The highest BCUT2D eigenvalue weighted by atomic mass is 79.9. The van der Waals surface area contributed by atoms with Crippen LogP contribution in [0.2, 0.25) is 0 Å². The molecule has 4 aromatic rings. The minimum atomic E-state index is -3.95. The van der Waals surface area contributed by atoms with Crippen LogP contribution in [0.15, 0.2) is 75.4 Å². The fourth-order valence-electron chi connectivity index (χ4n) is 2.78. The molecule has 0 fully saturated rings. The lowest BCUT2D eigenvalue weighted by Gasteiger charge is -2.08. The average Bonchev–Trinajstić information content (AvgIpc) is 3.06. The van der Waals surface area contributed by atoms with Gasteiger partial charge in [0.05, 0.1) is 0 Å². The number of thiophene rings is 1. The Morgan fingerprint density at radius 1 is 0.962 bits per heavy atom. The lowest BCUT2D eigenvalue weighted by atomic mass is 10.1. The maximum Gasteiger partial charge on any atom is 0.265 e. The van der Waals surface area contributed by atoms with E-state index in [1.807, 2.05) is 30.3 Å². The first kappa shape index (κ1) is 17.2. The molecule has 0 spiro atoms. The molecule has 130 valence electrons. The quantitative estimate of drug-likeness (QED) is 0.485. The van der Waals surface area contributed by atoms with E-state index in [9.17, 15) is 13.2 Å². The van der Waals surface area contributed by atoms with Gasteiger partial charge in [-0.15, -0.1) is 11.3 Å². The maximum absolute atomic E-state index is 12.7. The van der Waals surface area contributed by atoms with E-state index in [2.05, 4.69) is 20.7 Å². The standard InChI is InChI=1S/C19H12BrNO3S2/c20-16-6-3-4-12-10-13(8-9-14(12)16)19(22)21-26(23,24)18-11-25-17-7-2-1-5-15(17)18/h1-11H,(H,21,22). The molecule has 0 radical (unpaired) electrons. The van der Waals surface area contributed by atoms with Crippen LogP contribution in [-0.2, 0) is 10.0 Å². The van der Waals surface area contributed by atoms with E-state index in [0.717, 1.165) is 19.9 Å². The minimum absolute atomic E-state index is 0.120. The van der Waals surface area contributed by atoms with Gasteiger partial charge in [-0.3, -0.25) is 4.79 Å². The van der Waals surface area contributed by atoms with Crippen LogP contribution in [0.1, 0.15) is 10.4 Å². The Morgan fingerprint density at radius 2 is 1.77 bits per heavy atom. The number of hydrogen-bond donors (Lipinski definition) is 1. The van der Waals surface area contributed by atoms with E-state index in [1.54, 1.807) is 35.7 Å². The summed E-state index contributed by atoms with van der Waals surface area (Å²) in [4.78, 5) is 12.6. The number of carbonyl (C=O) groups is 1. The van der Waals surface area contributed by atoms with Crippen LogP contribution >= 0.6 is 27.3 Å². The molecule has 0 atom stereocenters. The number of fused-ring (bicyclic) bond motifs is 2. The van der Waals surface area contributed by atoms with Crippen molar-refractivity contribution >= 4 is 64.1 Å². The van der Waals surface area contributed by atoms with E-state index in [1.165, 1.54) is 11.3 Å². The third-order valence-corrected chi connectivity index (χ3v) is 7.23. The van der Waals surface area contributed by atoms with Crippen molar-refractivity contribution in [2.75, 3.05) is 0 Å². The van der Waals surface area contributed by atoms with Crippen LogP contribution in [0.25, 0.3) is 20.9 Å². The molecule has 1 aromatic heterocycles. The van der Waals surface area contributed by atoms with Crippen molar-refractivity contribution in [2.45, 2.75) is 4.90 Å². The normalized spacial score (nSPS) is 11.7. The highest BCUT2D eigenvalue weighted by Gasteiger charge is 2.22. The summed E-state index contributed by atoms with van der Waals surface area (Å²) < 4.78 is 29.3. The third-order valence-electron chi connectivity index (χ3n) is 4.05. The van der Waals surface area contributed by atoms with E-state index in [-0.39, 0.29) is 4.90 Å². The second-order valence-electron chi connectivity index (χ2n) is 5.71. The molecule has 0 bridgehead atoms. The molecule has 26 heavy (non-hydrogen) atoms. The Kier molecular flexibility index (Phi) is 4.30. The van der Waals surface area contributed by atoms with Crippen LogP contribution in [0.5, 0.6) is 0 Å². The second-order valence-corrected chi connectivity index (χ2v) is 9.12. The minimum Gasteiger partial charge on any atom is -0.268 e. The van der Waals surface area contributed by atoms with Crippen molar-refractivity contribution in [1.29, 1.82) is 0 Å². The molecule has 0 aliphatic heterocycles. The average molecular weight is 446 g/mol. The van der Waals surface area contributed by atoms with Gasteiger partial charge in [0.15, 0.2) is 0 Å². The molecule has 0 unspecified atom stereocenters. The van der Waals surface area contributed by atoms with Gasteiger partial charge in [0.1, 0.15) is 4.90 Å². The summed E-state index contributed by atoms with van der Waals surface area (Å²) in [7, 11) is -3.95. The fraction of sp³-hybridized carbons (Fsp3) is 0. The number of halogens is 1. The predicted molar refractivity (Wildman–Crippen MR) is 108 cm³/mol. The summed E-state index contributed by atoms with van der Waals surface area (Å²) in [5, 5.41) is 3.97. The zero-order valence-corrected chi connectivity index (χ0v) is 16.5. The first-order valence-corrected chi connectivity index (χ1v) is 10.8. The van der Waals surface area contributed by atoms with Crippen LogP contribution in [-0.4, -0.2) is 14.3 Å². The smallest absolute Gasteiger partial charge is 0.265 e. The Hall–Kier alpha value is -2.22. The van der Waals surface area contributed by atoms with Gasteiger partial charge in [0.25, 0.3) is 15.9 Å². The van der Waals surface area contributed by atoms with Crippen molar-refractivity contribution in [1.82, 2.24) is 4.72 Å². The van der Waals surface area contributed by atoms with Crippen molar-refractivity contribution < 1.29 is 13.2 Å². The number of sulfonamides is 1. The van der Waals surface area contributed by atoms with Gasteiger partial charge in [-0.1, -0.05) is 52.3 Å². The highest BCUT2D eigenvalue weighted by Crippen LogP contribution is 2.29. The van der Waals surface area contributed by atoms with E-state index >= 15 is 0 Å². The summed E-state index contributed by atoms with van der Waals surface area (Å²) in [5.41, 5.74) is 0.290. The van der Waals surface area contributed by atoms with Gasteiger partial charge in [-0.25, -0.2) is 13.1 Å². The number of hydrogen-bond acceptors (Lipinski definition) is 4. The van der Waals surface area contributed by atoms with E-state index in [0.29, 0.717) is 10.9 Å². The predicted octanol–water partition coefficient (Wildman–Crippen LogP) is 4.94. The second kappa shape index (κ2) is 6.50. The molecule has 1 N–H and O–H groups in total. The monoisotopic (exact) mass is 445 g/mol. The number of nitrogens with one attached hydrogen (secondary N) is 1. The van der Waals surface area contributed by atoms with Crippen molar-refractivity contribution in [2.24, 2.45) is 0 Å². The summed E-state index contributed by atoms with van der Waals surface area (Å²) in [6.45, 7) is 0. The zero-order valence-electron chi connectivity index (χ0n) is 13.3. The lowest BCUT2D eigenvalue weighted by Crippen LogP contribution is -2.30. The lowest BCUT2D eigenvalue weighted by molar-refractivity contribution is 0.0981. The SMILES string of the molecule is O=C(NS(=O)(=O)c1csc2ccccc12)c1ccc2c(Br)cccc2c1. The molecule has 4 rings (SSSR count). The summed E-state index contributed by atoms with van der Waals surface area (Å²) >= 11 is 4.79. The van der Waals surface area contributed by atoms with E-state index in [4.69, 9.17) is 0 Å². The van der Waals surface area contributed by atoms with Crippen molar-refractivity contribution in [3.8, 4) is 0 Å². The van der Waals surface area contributed by atoms with Gasteiger partial charge >= 0.3 is 0 Å². The topological polar surface area (TPSA) is 63.2 Å². The molecule has 0 saturated heterocycles. The van der Waals surface area contributed by atoms with Crippen LogP contribution < -0.4 is 4.72 Å². The molecule has 0 aliphatic carbocycles. The number of rotatable bonds is 3. The Bertz CT molecular complexity index is 1260. The molecule has 3 aromatic carbocycles.